The molecule has 0 amide bonds. The molecule has 1 fully saturated rings. The molecule has 3 heterocycles. The number of hydrogen-bond donors (Lipinski definition) is 1. The molecular formula is C12H15N5S2. The number of fused-ring (bicyclic) bond motifs is 1. The Morgan fingerprint density at radius 2 is 2.32 bits per heavy atom. The highest BCUT2D eigenvalue weighted by atomic mass is 32.2. The van der Waals surface area contributed by atoms with E-state index in [0.717, 1.165) is 36.2 Å². The lowest BCUT2D eigenvalue weighted by Crippen LogP contribution is -2.05. The lowest BCUT2D eigenvalue weighted by atomic mass is 10.3. The molecule has 1 saturated carbocycles. The van der Waals surface area contributed by atoms with E-state index in [1.165, 1.54) is 35.2 Å². The molecule has 5 nitrogen and oxygen atoms in total. The average Bonchev–Trinajstić information content (AvgIpc) is 2.83. The summed E-state index contributed by atoms with van der Waals surface area (Å²) in [4.78, 5) is 9.14. The lowest BCUT2D eigenvalue weighted by molar-refractivity contribution is 0.719. The van der Waals surface area contributed by atoms with Crippen LogP contribution in [0.25, 0.3) is 0 Å². The molecule has 2 aliphatic rings. The summed E-state index contributed by atoms with van der Waals surface area (Å²) in [6.07, 6.45) is 5.63. The zero-order valence-electron chi connectivity index (χ0n) is 10.5. The van der Waals surface area contributed by atoms with Crippen LogP contribution in [0.4, 0.5) is 5.13 Å². The maximum atomic E-state index is 4.62. The number of imidazole rings is 1. The molecule has 2 aromatic heterocycles. The van der Waals surface area contributed by atoms with Gasteiger partial charge in [-0.05, 0) is 12.8 Å². The Bertz CT molecular complexity index is 565. The van der Waals surface area contributed by atoms with E-state index in [4.69, 9.17) is 0 Å². The molecule has 0 spiro atoms. The maximum absolute atomic E-state index is 4.62. The Morgan fingerprint density at radius 3 is 3.16 bits per heavy atom. The van der Waals surface area contributed by atoms with Gasteiger partial charge in [-0.15, -0.1) is 0 Å². The van der Waals surface area contributed by atoms with Crippen LogP contribution < -0.4 is 5.32 Å². The van der Waals surface area contributed by atoms with Gasteiger partial charge in [0, 0.05) is 48.9 Å². The molecule has 1 N–H and O–H groups in total. The van der Waals surface area contributed by atoms with Crippen LogP contribution in [0, 0.1) is 0 Å². The van der Waals surface area contributed by atoms with Crippen LogP contribution in [0.2, 0.25) is 0 Å². The number of anilines is 1. The molecule has 0 atom stereocenters. The van der Waals surface area contributed by atoms with Gasteiger partial charge in [-0.3, -0.25) is 0 Å². The second kappa shape index (κ2) is 4.79. The van der Waals surface area contributed by atoms with Crippen molar-refractivity contribution in [2.45, 2.75) is 36.9 Å². The van der Waals surface area contributed by atoms with E-state index in [2.05, 4.69) is 30.4 Å². The Balaban J connectivity index is 1.31. The van der Waals surface area contributed by atoms with Crippen LogP contribution >= 0.6 is 23.3 Å². The molecular weight excluding hydrogens is 278 g/mol. The second-order valence-corrected chi connectivity index (χ2v) is 6.78. The summed E-state index contributed by atoms with van der Waals surface area (Å²) in [5.74, 6) is 2.83. The lowest BCUT2D eigenvalue weighted by Gasteiger charge is -1.99. The standard InChI is InChI=1S/C12H15N5S2/c1-2-8(1)10-15-11(19-16-10)13-4-3-9-7-17-5-6-18-12(17)14-9/h7-8H,1-6H2,(H,13,15,16). The molecule has 4 rings (SSSR count). The number of aromatic nitrogens is 4. The number of hydrogen-bond acceptors (Lipinski definition) is 6. The molecule has 1 aliphatic carbocycles. The fourth-order valence-electron chi connectivity index (χ4n) is 2.19. The number of nitrogens with one attached hydrogen (secondary N) is 1. The summed E-state index contributed by atoms with van der Waals surface area (Å²) in [6.45, 7) is 1.97. The van der Waals surface area contributed by atoms with Crippen molar-refractivity contribution in [1.29, 1.82) is 0 Å². The first-order valence-electron chi connectivity index (χ1n) is 6.65. The number of aryl methyl sites for hydroxylation is 1. The topological polar surface area (TPSA) is 55.6 Å². The van der Waals surface area contributed by atoms with E-state index in [9.17, 15) is 0 Å². The second-order valence-electron chi connectivity index (χ2n) is 4.97. The Kier molecular flexibility index (Phi) is 2.96. The van der Waals surface area contributed by atoms with Gasteiger partial charge < -0.3 is 9.88 Å². The van der Waals surface area contributed by atoms with Crippen molar-refractivity contribution in [2.24, 2.45) is 0 Å². The highest BCUT2D eigenvalue weighted by molar-refractivity contribution is 7.99. The number of thioether (sulfide) groups is 1. The van der Waals surface area contributed by atoms with Crippen LogP contribution in [0.5, 0.6) is 0 Å². The van der Waals surface area contributed by atoms with Crippen molar-refractivity contribution in [2.75, 3.05) is 17.6 Å². The molecule has 100 valence electrons. The van der Waals surface area contributed by atoms with Gasteiger partial charge in [0.1, 0.15) is 5.82 Å². The largest absolute Gasteiger partial charge is 0.360 e. The molecule has 19 heavy (non-hydrogen) atoms. The Labute approximate surface area is 120 Å². The van der Waals surface area contributed by atoms with Gasteiger partial charge in [0.15, 0.2) is 5.16 Å². The van der Waals surface area contributed by atoms with Crippen LogP contribution in [0.15, 0.2) is 11.4 Å². The van der Waals surface area contributed by atoms with Gasteiger partial charge in [0.05, 0.1) is 5.69 Å². The summed E-state index contributed by atoms with van der Waals surface area (Å²) >= 11 is 3.32. The summed E-state index contributed by atoms with van der Waals surface area (Å²) in [5, 5.41) is 5.47. The molecule has 0 unspecified atom stereocenters. The van der Waals surface area contributed by atoms with Gasteiger partial charge in [0.2, 0.25) is 5.13 Å². The summed E-state index contributed by atoms with van der Waals surface area (Å²) in [5.41, 5.74) is 1.17. The van der Waals surface area contributed by atoms with E-state index in [0.29, 0.717) is 5.92 Å². The molecule has 0 aromatic carbocycles. The highest BCUT2D eigenvalue weighted by Crippen LogP contribution is 2.39. The van der Waals surface area contributed by atoms with E-state index in [1.54, 1.807) is 0 Å². The van der Waals surface area contributed by atoms with Crippen molar-refractivity contribution < 1.29 is 0 Å². The van der Waals surface area contributed by atoms with Gasteiger partial charge in [0.25, 0.3) is 0 Å². The predicted octanol–water partition coefficient (Wildman–Crippen LogP) is 2.37. The summed E-state index contributed by atoms with van der Waals surface area (Å²) in [7, 11) is 0. The molecule has 2 aromatic rings. The monoisotopic (exact) mass is 293 g/mol. The Morgan fingerprint density at radius 1 is 1.37 bits per heavy atom. The van der Waals surface area contributed by atoms with E-state index >= 15 is 0 Å². The first kappa shape index (κ1) is 11.7. The van der Waals surface area contributed by atoms with Crippen LogP contribution in [0.1, 0.15) is 30.3 Å². The fraction of sp³-hybridized carbons (Fsp3) is 0.583. The third kappa shape index (κ3) is 2.49. The first-order chi connectivity index (χ1) is 9.38. The van der Waals surface area contributed by atoms with Gasteiger partial charge in [-0.1, -0.05) is 11.8 Å². The summed E-state index contributed by atoms with van der Waals surface area (Å²) < 4.78 is 6.64. The zero-order valence-corrected chi connectivity index (χ0v) is 12.1. The third-order valence-electron chi connectivity index (χ3n) is 3.39. The van der Waals surface area contributed by atoms with Crippen LogP contribution in [0.3, 0.4) is 0 Å². The van der Waals surface area contributed by atoms with Crippen molar-refractivity contribution >= 4 is 28.4 Å². The minimum Gasteiger partial charge on any atom is -0.360 e. The average molecular weight is 293 g/mol. The molecule has 0 bridgehead atoms. The van der Waals surface area contributed by atoms with E-state index in [-0.39, 0.29) is 0 Å². The minimum absolute atomic E-state index is 0.639. The first-order valence-corrected chi connectivity index (χ1v) is 8.41. The molecule has 1 aliphatic heterocycles. The number of nitrogens with zero attached hydrogens (tertiary/aromatic N) is 4. The van der Waals surface area contributed by atoms with Crippen LogP contribution in [-0.4, -0.2) is 31.2 Å². The van der Waals surface area contributed by atoms with Gasteiger partial charge >= 0.3 is 0 Å². The SMILES string of the molecule is c1c(CCNc2nc(C3CC3)ns2)nc2n1CCS2. The van der Waals surface area contributed by atoms with E-state index in [1.807, 2.05) is 11.8 Å². The van der Waals surface area contributed by atoms with Crippen molar-refractivity contribution in [3.63, 3.8) is 0 Å². The predicted molar refractivity (Wildman–Crippen MR) is 77.0 cm³/mol. The van der Waals surface area contributed by atoms with Crippen molar-refractivity contribution in [1.82, 2.24) is 18.9 Å². The molecule has 0 saturated heterocycles. The highest BCUT2D eigenvalue weighted by Gasteiger charge is 2.27. The normalized spacial score (nSPS) is 17.7. The van der Waals surface area contributed by atoms with E-state index < -0.39 is 0 Å². The fourth-order valence-corrected chi connectivity index (χ4v) is 3.83. The molecule has 0 radical (unpaired) electrons. The maximum Gasteiger partial charge on any atom is 0.202 e. The van der Waals surface area contributed by atoms with Gasteiger partial charge in [-0.2, -0.15) is 4.37 Å². The minimum atomic E-state index is 0.639. The summed E-state index contributed by atoms with van der Waals surface area (Å²) in [6, 6.07) is 0. The van der Waals surface area contributed by atoms with Gasteiger partial charge in [-0.25, -0.2) is 9.97 Å². The smallest absolute Gasteiger partial charge is 0.202 e. The van der Waals surface area contributed by atoms with Crippen LogP contribution in [-0.2, 0) is 13.0 Å². The zero-order chi connectivity index (χ0) is 12.7. The molecule has 7 heteroatoms. The quantitative estimate of drug-likeness (QED) is 0.917. The van der Waals surface area contributed by atoms with Crippen molar-refractivity contribution in [3.8, 4) is 0 Å². The third-order valence-corrected chi connectivity index (χ3v) is 5.05. The van der Waals surface area contributed by atoms with Crippen molar-refractivity contribution in [3.05, 3.63) is 17.7 Å². The Hall–Kier alpha value is -1.08. The number of rotatable bonds is 5.